The molecule has 0 aliphatic rings. The van der Waals surface area contributed by atoms with E-state index in [0.29, 0.717) is 5.69 Å². The van der Waals surface area contributed by atoms with Crippen molar-refractivity contribution in [1.82, 2.24) is 0 Å². The molecule has 0 bridgehead atoms. The molecule has 2 rings (SSSR count). The first-order chi connectivity index (χ1) is 9.97. The number of aryl methyl sites for hydroxylation is 2. The topological polar surface area (TPSA) is 76.1 Å². The molecule has 21 heavy (non-hydrogen) atoms. The molecule has 0 aliphatic carbocycles. The Morgan fingerprint density at radius 1 is 1.29 bits per heavy atom. The maximum absolute atomic E-state index is 12.1. The van der Waals surface area contributed by atoms with E-state index in [1.165, 1.54) is 12.1 Å². The molecule has 0 radical (unpaired) electrons. The molecular weight excluding hydrogens is 270 g/mol. The summed E-state index contributed by atoms with van der Waals surface area (Å²) in [4.78, 5) is 22.4. The van der Waals surface area contributed by atoms with Gasteiger partial charge in [0.05, 0.1) is 10.6 Å². The normalized spacial score (nSPS) is 10.2. The van der Waals surface area contributed by atoms with Crippen LogP contribution in [0.25, 0.3) is 0 Å². The van der Waals surface area contributed by atoms with Crippen molar-refractivity contribution < 1.29 is 14.3 Å². The third-order valence-electron chi connectivity index (χ3n) is 3.19. The highest BCUT2D eigenvalue weighted by Gasteiger charge is 2.15. The van der Waals surface area contributed by atoms with Gasteiger partial charge in [-0.2, -0.15) is 4.57 Å². The van der Waals surface area contributed by atoms with Crippen molar-refractivity contribution in [2.24, 2.45) is 0 Å². The average Bonchev–Trinajstić information content (AvgIpc) is 2.43. The first-order valence-corrected chi connectivity index (χ1v) is 6.47. The zero-order chi connectivity index (χ0) is 15.4. The minimum absolute atomic E-state index is 0.0422. The van der Waals surface area contributed by atoms with E-state index in [2.05, 4.69) is 5.32 Å². The van der Waals surface area contributed by atoms with Crippen molar-refractivity contribution in [1.29, 1.82) is 0 Å². The van der Waals surface area contributed by atoms with E-state index in [1.807, 2.05) is 35.9 Å². The lowest BCUT2D eigenvalue weighted by molar-refractivity contribution is -0.690. The SMILES string of the molecule is Cc1ccc([N+](=O)[O-])cc1NC(=O)C[n+]1ccccc1C. The number of amides is 1. The van der Waals surface area contributed by atoms with Gasteiger partial charge in [-0.1, -0.05) is 12.1 Å². The highest BCUT2D eigenvalue weighted by Crippen LogP contribution is 2.21. The fourth-order valence-corrected chi connectivity index (χ4v) is 1.94. The summed E-state index contributed by atoms with van der Waals surface area (Å²) in [6.45, 7) is 3.86. The summed E-state index contributed by atoms with van der Waals surface area (Å²) in [5, 5.41) is 13.5. The number of benzene rings is 1. The second kappa shape index (κ2) is 6.13. The van der Waals surface area contributed by atoms with Crippen LogP contribution < -0.4 is 9.88 Å². The molecule has 0 fully saturated rings. The first kappa shape index (κ1) is 14.6. The number of nitrogens with zero attached hydrogens (tertiary/aromatic N) is 2. The molecule has 0 atom stereocenters. The summed E-state index contributed by atoms with van der Waals surface area (Å²) in [5.74, 6) is -0.224. The van der Waals surface area contributed by atoms with Gasteiger partial charge in [0.2, 0.25) is 6.54 Å². The minimum Gasteiger partial charge on any atom is -0.320 e. The number of nitro groups is 1. The fraction of sp³-hybridized carbons (Fsp3) is 0.200. The first-order valence-electron chi connectivity index (χ1n) is 6.47. The quantitative estimate of drug-likeness (QED) is 0.531. The van der Waals surface area contributed by atoms with E-state index in [0.717, 1.165) is 11.3 Å². The third-order valence-corrected chi connectivity index (χ3v) is 3.19. The summed E-state index contributed by atoms with van der Waals surface area (Å²) in [6.07, 6.45) is 1.81. The number of anilines is 1. The molecule has 1 heterocycles. The van der Waals surface area contributed by atoms with E-state index in [4.69, 9.17) is 0 Å². The van der Waals surface area contributed by atoms with Crippen LogP contribution in [0.5, 0.6) is 0 Å². The third kappa shape index (κ3) is 3.62. The molecule has 108 valence electrons. The smallest absolute Gasteiger partial charge is 0.290 e. The van der Waals surface area contributed by atoms with Gasteiger partial charge in [0.1, 0.15) is 0 Å². The van der Waals surface area contributed by atoms with E-state index in [9.17, 15) is 14.9 Å². The molecule has 1 aromatic carbocycles. The van der Waals surface area contributed by atoms with Crippen LogP contribution in [-0.4, -0.2) is 10.8 Å². The number of hydrogen-bond acceptors (Lipinski definition) is 3. The monoisotopic (exact) mass is 286 g/mol. The van der Waals surface area contributed by atoms with Crippen LogP contribution in [0, 0.1) is 24.0 Å². The van der Waals surface area contributed by atoms with Gasteiger partial charge in [0.15, 0.2) is 11.9 Å². The van der Waals surface area contributed by atoms with Crippen molar-refractivity contribution in [3.8, 4) is 0 Å². The van der Waals surface area contributed by atoms with Gasteiger partial charge in [0.25, 0.3) is 11.6 Å². The molecule has 2 aromatic rings. The Morgan fingerprint density at radius 2 is 2.05 bits per heavy atom. The number of carbonyl (C=O) groups excluding carboxylic acids is 1. The Morgan fingerprint density at radius 3 is 2.71 bits per heavy atom. The van der Waals surface area contributed by atoms with Crippen molar-refractivity contribution >= 4 is 17.3 Å². The van der Waals surface area contributed by atoms with Gasteiger partial charge < -0.3 is 5.32 Å². The standard InChI is InChI=1S/C15H15N3O3/c1-11-6-7-13(18(20)21)9-14(11)16-15(19)10-17-8-4-3-5-12(17)2/h3-9H,10H2,1-2H3/p+1. The summed E-state index contributed by atoms with van der Waals surface area (Å²) in [6, 6.07) is 10.1. The molecule has 0 spiro atoms. The van der Waals surface area contributed by atoms with Crippen molar-refractivity contribution in [3.63, 3.8) is 0 Å². The summed E-state index contributed by atoms with van der Waals surface area (Å²) >= 11 is 0. The Labute approximate surface area is 122 Å². The molecule has 6 nitrogen and oxygen atoms in total. The zero-order valence-corrected chi connectivity index (χ0v) is 11.9. The number of carbonyl (C=O) groups is 1. The predicted octanol–water partition coefficient (Wildman–Crippen LogP) is 2.14. The largest absolute Gasteiger partial charge is 0.320 e. The van der Waals surface area contributed by atoms with Crippen LogP contribution in [0.3, 0.4) is 0 Å². The van der Waals surface area contributed by atoms with Crippen molar-refractivity contribution in [2.75, 3.05) is 5.32 Å². The fourth-order valence-electron chi connectivity index (χ4n) is 1.94. The van der Waals surface area contributed by atoms with Gasteiger partial charge in [-0.15, -0.1) is 0 Å². The number of nitro benzene ring substituents is 1. The summed E-state index contributed by atoms with van der Waals surface area (Å²) < 4.78 is 1.81. The second-order valence-corrected chi connectivity index (χ2v) is 4.77. The van der Waals surface area contributed by atoms with Crippen LogP contribution in [-0.2, 0) is 11.3 Å². The Hall–Kier alpha value is -2.76. The highest BCUT2D eigenvalue weighted by molar-refractivity contribution is 5.90. The number of nitrogens with one attached hydrogen (secondary N) is 1. The average molecular weight is 286 g/mol. The van der Waals surface area contributed by atoms with Crippen LogP contribution in [0.15, 0.2) is 42.6 Å². The zero-order valence-electron chi connectivity index (χ0n) is 11.9. The second-order valence-electron chi connectivity index (χ2n) is 4.77. The number of aromatic nitrogens is 1. The Balaban J connectivity index is 2.15. The Kier molecular flexibility index (Phi) is 4.27. The van der Waals surface area contributed by atoms with Crippen molar-refractivity contribution in [2.45, 2.75) is 20.4 Å². The van der Waals surface area contributed by atoms with Crippen LogP contribution in [0.2, 0.25) is 0 Å². The maximum atomic E-state index is 12.1. The molecule has 0 aliphatic heterocycles. The molecule has 6 heteroatoms. The number of non-ortho nitro benzene ring substituents is 1. The highest BCUT2D eigenvalue weighted by atomic mass is 16.6. The van der Waals surface area contributed by atoms with E-state index < -0.39 is 4.92 Å². The molecule has 1 aromatic heterocycles. The maximum Gasteiger partial charge on any atom is 0.290 e. The van der Waals surface area contributed by atoms with Crippen LogP contribution >= 0.6 is 0 Å². The molecular formula is C15H16N3O3+. The van der Waals surface area contributed by atoms with E-state index in [1.54, 1.807) is 13.0 Å². The number of hydrogen-bond donors (Lipinski definition) is 1. The van der Waals surface area contributed by atoms with Gasteiger partial charge >= 0.3 is 0 Å². The van der Waals surface area contributed by atoms with Gasteiger partial charge in [0, 0.05) is 31.2 Å². The van der Waals surface area contributed by atoms with E-state index in [-0.39, 0.29) is 18.1 Å². The lowest BCUT2D eigenvalue weighted by Gasteiger charge is -2.07. The van der Waals surface area contributed by atoms with Gasteiger partial charge in [-0.3, -0.25) is 14.9 Å². The summed E-state index contributed by atoms with van der Waals surface area (Å²) in [5.41, 5.74) is 2.16. The lowest BCUT2D eigenvalue weighted by atomic mass is 10.2. The predicted molar refractivity (Wildman–Crippen MR) is 77.8 cm³/mol. The van der Waals surface area contributed by atoms with Crippen LogP contribution in [0.4, 0.5) is 11.4 Å². The van der Waals surface area contributed by atoms with Crippen molar-refractivity contribution in [3.05, 3.63) is 64.0 Å². The van der Waals surface area contributed by atoms with E-state index >= 15 is 0 Å². The number of pyridine rings is 1. The van der Waals surface area contributed by atoms with Gasteiger partial charge in [-0.25, -0.2) is 0 Å². The van der Waals surface area contributed by atoms with Gasteiger partial charge in [-0.05, 0) is 12.5 Å². The molecule has 0 saturated heterocycles. The van der Waals surface area contributed by atoms with Crippen LogP contribution in [0.1, 0.15) is 11.3 Å². The molecule has 0 unspecified atom stereocenters. The Bertz CT molecular complexity index is 698. The minimum atomic E-state index is -0.481. The molecule has 0 saturated carbocycles. The molecule has 1 amide bonds. The lowest BCUT2D eigenvalue weighted by Crippen LogP contribution is -2.42. The molecule has 1 N–H and O–H groups in total. The summed E-state index contributed by atoms with van der Waals surface area (Å²) in [7, 11) is 0. The number of rotatable bonds is 4.